The second-order valence-corrected chi connectivity index (χ2v) is 8.45. The van der Waals surface area contributed by atoms with Gasteiger partial charge in [0.1, 0.15) is 12.4 Å². The average molecular weight is 491 g/mol. The number of para-hydroxylation sites is 3. The summed E-state index contributed by atoms with van der Waals surface area (Å²) in [6, 6.07) is 23.9. The number of hydrogen-bond acceptors (Lipinski definition) is 3. The molecule has 0 radical (unpaired) electrons. The van der Waals surface area contributed by atoms with Crippen LogP contribution in [0.5, 0.6) is 0 Å². The zero-order chi connectivity index (χ0) is 22.7. The first-order valence-electron chi connectivity index (χ1n) is 10.3. The number of likely N-dealkylation sites (N-methyl/N-ethyl adjacent to an activating group) is 1. The average Bonchev–Trinajstić information content (AvgIpc) is 3.18. The highest BCUT2D eigenvalue weighted by Crippen LogP contribution is 2.22. The first kappa shape index (κ1) is 21.8. The number of carbonyl (C=O) groups is 2. The van der Waals surface area contributed by atoms with Gasteiger partial charge in [-0.05, 0) is 55.5 Å². The highest BCUT2D eigenvalue weighted by Gasteiger charge is 2.22. The second kappa shape index (κ2) is 9.36. The summed E-state index contributed by atoms with van der Waals surface area (Å²) in [6.45, 7) is 1.99. The first-order valence-corrected chi connectivity index (χ1v) is 11.1. The van der Waals surface area contributed by atoms with Crippen LogP contribution in [0.2, 0.25) is 0 Å². The monoisotopic (exact) mass is 490 g/mol. The molecular weight excluding hydrogens is 468 g/mol. The minimum absolute atomic E-state index is 0.0768. The molecule has 4 aromatic rings. The van der Waals surface area contributed by atoms with Gasteiger partial charge in [-0.15, -0.1) is 0 Å². The Morgan fingerprint density at radius 1 is 1.00 bits per heavy atom. The molecule has 0 saturated carbocycles. The maximum absolute atomic E-state index is 13.1. The van der Waals surface area contributed by atoms with Gasteiger partial charge in [0, 0.05) is 22.8 Å². The van der Waals surface area contributed by atoms with E-state index in [1.54, 1.807) is 24.1 Å². The SMILES string of the molecule is CC(NC(=O)c1ccc(Br)cc1)c1nc2ccccc2n1CC(=O)N(C)c1ccccc1. The van der Waals surface area contributed by atoms with Crippen molar-refractivity contribution < 1.29 is 9.59 Å². The summed E-state index contributed by atoms with van der Waals surface area (Å²) in [5.74, 6) is 0.356. The molecule has 7 heteroatoms. The fourth-order valence-corrected chi connectivity index (χ4v) is 3.84. The maximum atomic E-state index is 13.1. The number of anilines is 1. The van der Waals surface area contributed by atoms with Gasteiger partial charge < -0.3 is 14.8 Å². The van der Waals surface area contributed by atoms with Crippen molar-refractivity contribution >= 4 is 44.5 Å². The Hall–Kier alpha value is -3.45. The molecule has 1 N–H and O–H groups in total. The Morgan fingerprint density at radius 3 is 2.38 bits per heavy atom. The van der Waals surface area contributed by atoms with Crippen molar-refractivity contribution in [2.45, 2.75) is 19.5 Å². The van der Waals surface area contributed by atoms with Gasteiger partial charge in [-0.25, -0.2) is 4.98 Å². The number of halogens is 1. The lowest BCUT2D eigenvalue weighted by Crippen LogP contribution is -2.33. The fraction of sp³-hybridized carbons (Fsp3) is 0.160. The molecule has 1 atom stereocenters. The van der Waals surface area contributed by atoms with Gasteiger partial charge in [0.05, 0.1) is 17.1 Å². The van der Waals surface area contributed by atoms with Crippen LogP contribution in [-0.2, 0) is 11.3 Å². The highest BCUT2D eigenvalue weighted by atomic mass is 79.9. The second-order valence-electron chi connectivity index (χ2n) is 7.54. The minimum Gasteiger partial charge on any atom is -0.342 e. The van der Waals surface area contributed by atoms with Crippen molar-refractivity contribution in [3.05, 3.63) is 94.7 Å². The molecule has 1 heterocycles. The van der Waals surface area contributed by atoms with Crippen LogP contribution in [-0.4, -0.2) is 28.4 Å². The van der Waals surface area contributed by atoms with Crippen molar-refractivity contribution in [3.8, 4) is 0 Å². The van der Waals surface area contributed by atoms with Gasteiger partial charge >= 0.3 is 0 Å². The predicted octanol–water partition coefficient (Wildman–Crippen LogP) is 4.95. The maximum Gasteiger partial charge on any atom is 0.251 e. The Bertz CT molecular complexity index is 1250. The Kier molecular flexibility index (Phi) is 6.37. The molecule has 0 fully saturated rings. The molecule has 3 aromatic carbocycles. The molecule has 2 amide bonds. The van der Waals surface area contributed by atoms with Gasteiger partial charge in [-0.3, -0.25) is 9.59 Å². The predicted molar refractivity (Wildman–Crippen MR) is 130 cm³/mol. The van der Waals surface area contributed by atoms with E-state index in [1.807, 2.05) is 78.2 Å². The zero-order valence-corrected chi connectivity index (χ0v) is 19.4. The summed E-state index contributed by atoms with van der Waals surface area (Å²) in [7, 11) is 1.76. The number of fused-ring (bicyclic) bond motifs is 1. The summed E-state index contributed by atoms with van der Waals surface area (Å²) in [5.41, 5.74) is 3.01. The van der Waals surface area contributed by atoms with Crippen LogP contribution in [0.4, 0.5) is 5.69 Å². The van der Waals surface area contributed by atoms with Gasteiger partial charge in [0.15, 0.2) is 0 Å². The van der Waals surface area contributed by atoms with E-state index in [-0.39, 0.29) is 18.4 Å². The molecule has 162 valence electrons. The van der Waals surface area contributed by atoms with E-state index in [0.29, 0.717) is 11.4 Å². The van der Waals surface area contributed by atoms with Crippen LogP contribution in [0.3, 0.4) is 0 Å². The van der Waals surface area contributed by atoms with E-state index in [2.05, 4.69) is 21.2 Å². The molecule has 0 aliphatic carbocycles. The zero-order valence-electron chi connectivity index (χ0n) is 17.8. The standard InChI is InChI=1S/C25H23BrN4O2/c1-17(27-25(32)18-12-14-19(26)15-13-18)24-28-21-10-6-7-11-22(21)30(24)16-23(31)29(2)20-8-4-3-5-9-20/h3-15,17H,16H2,1-2H3,(H,27,32). The molecule has 0 bridgehead atoms. The van der Waals surface area contributed by atoms with Crippen molar-refractivity contribution in [3.63, 3.8) is 0 Å². The van der Waals surface area contributed by atoms with E-state index in [9.17, 15) is 9.59 Å². The number of carbonyl (C=O) groups excluding carboxylic acids is 2. The number of rotatable bonds is 6. The number of imidazole rings is 1. The summed E-state index contributed by atoms with van der Waals surface area (Å²) < 4.78 is 2.79. The molecule has 1 unspecified atom stereocenters. The van der Waals surface area contributed by atoms with Crippen LogP contribution in [0.1, 0.15) is 29.1 Å². The number of benzene rings is 3. The third-order valence-corrected chi connectivity index (χ3v) is 5.87. The summed E-state index contributed by atoms with van der Waals surface area (Å²) >= 11 is 3.38. The quantitative estimate of drug-likeness (QED) is 0.415. The van der Waals surface area contributed by atoms with Crippen LogP contribution in [0.25, 0.3) is 11.0 Å². The molecule has 0 aliphatic rings. The highest BCUT2D eigenvalue weighted by molar-refractivity contribution is 9.10. The lowest BCUT2D eigenvalue weighted by molar-refractivity contribution is -0.118. The molecule has 0 spiro atoms. The molecular formula is C25H23BrN4O2. The first-order chi connectivity index (χ1) is 15.4. The van der Waals surface area contributed by atoms with Crippen molar-refractivity contribution in [2.24, 2.45) is 0 Å². The number of aromatic nitrogens is 2. The van der Waals surface area contributed by atoms with Crippen molar-refractivity contribution in [1.82, 2.24) is 14.9 Å². The van der Waals surface area contributed by atoms with Gasteiger partial charge in [0.25, 0.3) is 5.91 Å². The van der Waals surface area contributed by atoms with Crippen LogP contribution in [0.15, 0.2) is 83.3 Å². The molecule has 0 saturated heterocycles. The van der Waals surface area contributed by atoms with Crippen LogP contribution >= 0.6 is 15.9 Å². The summed E-state index contributed by atoms with van der Waals surface area (Å²) in [5, 5.41) is 3.00. The topological polar surface area (TPSA) is 67.2 Å². The Balaban J connectivity index is 1.61. The van der Waals surface area contributed by atoms with Crippen molar-refractivity contribution in [1.29, 1.82) is 0 Å². The third kappa shape index (κ3) is 4.57. The number of nitrogens with zero attached hydrogens (tertiary/aromatic N) is 3. The summed E-state index contributed by atoms with van der Waals surface area (Å²) in [4.78, 5) is 32.2. The van der Waals surface area contributed by atoms with E-state index in [0.717, 1.165) is 21.2 Å². The van der Waals surface area contributed by atoms with Crippen LogP contribution in [0, 0.1) is 0 Å². The molecule has 0 aliphatic heterocycles. The van der Waals surface area contributed by atoms with E-state index < -0.39 is 6.04 Å². The third-order valence-electron chi connectivity index (χ3n) is 5.34. The van der Waals surface area contributed by atoms with E-state index in [1.165, 1.54) is 0 Å². The molecule has 4 rings (SSSR count). The smallest absolute Gasteiger partial charge is 0.251 e. The molecule has 6 nitrogen and oxygen atoms in total. The fourth-order valence-electron chi connectivity index (χ4n) is 3.57. The lowest BCUT2D eigenvalue weighted by Gasteiger charge is -2.20. The van der Waals surface area contributed by atoms with E-state index in [4.69, 9.17) is 4.98 Å². The van der Waals surface area contributed by atoms with Gasteiger partial charge in [-0.2, -0.15) is 0 Å². The van der Waals surface area contributed by atoms with Crippen LogP contribution < -0.4 is 10.2 Å². The summed E-state index contributed by atoms with van der Waals surface area (Å²) in [6.07, 6.45) is 0. The normalized spacial score (nSPS) is 11.8. The largest absolute Gasteiger partial charge is 0.342 e. The Morgan fingerprint density at radius 2 is 1.66 bits per heavy atom. The Labute approximate surface area is 195 Å². The van der Waals surface area contributed by atoms with E-state index >= 15 is 0 Å². The van der Waals surface area contributed by atoms with Crippen molar-refractivity contribution in [2.75, 3.05) is 11.9 Å². The van der Waals surface area contributed by atoms with Gasteiger partial charge in [0.2, 0.25) is 5.91 Å². The molecule has 32 heavy (non-hydrogen) atoms. The number of hydrogen-bond donors (Lipinski definition) is 1. The number of nitrogens with one attached hydrogen (secondary N) is 1. The minimum atomic E-state index is -0.395. The van der Waals surface area contributed by atoms with Gasteiger partial charge in [-0.1, -0.05) is 46.3 Å². The number of amides is 2. The lowest BCUT2D eigenvalue weighted by atomic mass is 10.2. The molecule has 1 aromatic heterocycles.